The van der Waals surface area contributed by atoms with E-state index in [1.165, 1.54) is 18.2 Å². The number of carbonyl (C=O) groups excluding carboxylic acids is 1. The number of carbonyl (C=O) groups is 1. The van der Waals surface area contributed by atoms with E-state index in [4.69, 9.17) is 0 Å². The first-order chi connectivity index (χ1) is 7.65. The SMILES string of the molecule is Cc1nc(C(=O)Nc2cccc(F)n2)n[nH]1. The molecule has 0 atom stereocenters. The van der Waals surface area contributed by atoms with Crippen LogP contribution in [0.5, 0.6) is 0 Å². The molecule has 0 saturated carbocycles. The Morgan fingerprint density at radius 2 is 2.25 bits per heavy atom. The summed E-state index contributed by atoms with van der Waals surface area (Å²) in [6, 6.07) is 4.11. The highest BCUT2D eigenvalue weighted by Crippen LogP contribution is 2.04. The van der Waals surface area contributed by atoms with Crippen molar-refractivity contribution in [1.82, 2.24) is 20.2 Å². The van der Waals surface area contributed by atoms with Crippen LogP contribution in [0.2, 0.25) is 0 Å². The minimum Gasteiger partial charge on any atom is -0.304 e. The van der Waals surface area contributed by atoms with Crippen LogP contribution in [-0.2, 0) is 0 Å². The minimum atomic E-state index is -0.663. The quantitative estimate of drug-likeness (QED) is 0.738. The lowest BCUT2D eigenvalue weighted by Gasteiger charge is -2.00. The smallest absolute Gasteiger partial charge is 0.296 e. The van der Waals surface area contributed by atoms with E-state index in [9.17, 15) is 9.18 Å². The summed E-state index contributed by atoms with van der Waals surface area (Å²) in [5, 5.41) is 8.57. The summed E-state index contributed by atoms with van der Waals surface area (Å²) in [6.07, 6.45) is 0. The van der Waals surface area contributed by atoms with Crippen LogP contribution in [0.3, 0.4) is 0 Å². The summed E-state index contributed by atoms with van der Waals surface area (Å²) in [6.45, 7) is 1.67. The number of amides is 1. The zero-order chi connectivity index (χ0) is 11.5. The number of H-pyrrole nitrogens is 1. The highest BCUT2D eigenvalue weighted by atomic mass is 19.1. The zero-order valence-electron chi connectivity index (χ0n) is 8.36. The van der Waals surface area contributed by atoms with Crippen LogP contribution in [-0.4, -0.2) is 26.1 Å². The Labute approximate surface area is 89.9 Å². The predicted octanol–water partition coefficient (Wildman–Crippen LogP) is 0.900. The Hall–Kier alpha value is -2.31. The molecule has 0 aromatic carbocycles. The topological polar surface area (TPSA) is 83.6 Å². The Morgan fingerprint density at radius 3 is 2.88 bits per heavy atom. The van der Waals surface area contributed by atoms with E-state index in [0.29, 0.717) is 5.82 Å². The number of hydrogen-bond acceptors (Lipinski definition) is 4. The minimum absolute atomic E-state index is 0.0106. The summed E-state index contributed by atoms with van der Waals surface area (Å²) < 4.78 is 12.7. The fourth-order valence-corrected chi connectivity index (χ4v) is 1.09. The van der Waals surface area contributed by atoms with E-state index in [-0.39, 0.29) is 11.6 Å². The summed E-state index contributed by atoms with van der Waals surface area (Å²) in [5.74, 6) is -0.570. The zero-order valence-corrected chi connectivity index (χ0v) is 8.36. The van der Waals surface area contributed by atoms with Crippen LogP contribution in [0.25, 0.3) is 0 Å². The van der Waals surface area contributed by atoms with Gasteiger partial charge in [0, 0.05) is 0 Å². The Kier molecular flexibility index (Phi) is 2.59. The molecular formula is C9H8FN5O. The molecule has 82 valence electrons. The van der Waals surface area contributed by atoms with Gasteiger partial charge in [-0.05, 0) is 19.1 Å². The molecule has 0 fully saturated rings. The number of aromatic nitrogens is 4. The fraction of sp³-hybridized carbons (Fsp3) is 0.111. The van der Waals surface area contributed by atoms with Gasteiger partial charge < -0.3 is 5.32 Å². The predicted molar refractivity (Wildman–Crippen MR) is 53.3 cm³/mol. The summed E-state index contributed by atoms with van der Waals surface area (Å²) in [7, 11) is 0. The standard InChI is InChI=1S/C9H8FN5O/c1-5-11-8(15-14-5)9(16)13-7-4-2-3-6(10)12-7/h2-4H,1H3,(H,11,14,15)(H,12,13,16). The number of halogens is 1. The summed E-state index contributed by atoms with van der Waals surface area (Å²) in [4.78, 5) is 18.8. The lowest BCUT2D eigenvalue weighted by atomic mass is 10.4. The fourth-order valence-electron chi connectivity index (χ4n) is 1.09. The van der Waals surface area contributed by atoms with Gasteiger partial charge in [-0.25, -0.2) is 9.97 Å². The van der Waals surface area contributed by atoms with Crippen molar-refractivity contribution in [2.24, 2.45) is 0 Å². The van der Waals surface area contributed by atoms with Crippen molar-refractivity contribution in [3.63, 3.8) is 0 Å². The third-order valence-corrected chi connectivity index (χ3v) is 1.76. The van der Waals surface area contributed by atoms with Crippen LogP contribution in [0.15, 0.2) is 18.2 Å². The number of anilines is 1. The summed E-state index contributed by atoms with van der Waals surface area (Å²) >= 11 is 0. The van der Waals surface area contributed by atoms with Crippen LogP contribution < -0.4 is 5.32 Å². The highest BCUT2D eigenvalue weighted by Gasteiger charge is 2.11. The number of nitrogens with one attached hydrogen (secondary N) is 2. The van der Waals surface area contributed by atoms with Crippen LogP contribution >= 0.6 is 0 Å². The molecule has 0 aliphatic carbocycles. The number of aryl methyl sites for hydroxylation is 1. The van der Waals surface area contributed by atoms with Crippen LogP contribution in [0.1, 0.15) is 16.4 Å². The van der Waals surface area contributed by atoms with Gasteiger partial charge in [-0.1, -0.05) is 6.07 Å². The molecule has 0 spiro atoms. The van der Waals surface area contributed by atoms with E-state index in [1.54, 1.807) is 6.92 Å². The third-order valence-electron chi connectivity index (χ3n) is 1.76. The summed E-state index contributed by atoms with van der Waals surface area (Å²) in [5.41, 5.74) is 0. The van der Waals surface area contributed by atoms with E-state index in [1.807, 2.05) is 0 Å². The first-order valence-corrected chi connectivity index (χ1v) is 4.48. The van der Waals surface area contributed by atoms with Gasteiger partial charge in [0.05, 0.1) is 0 Å². The number of hydrogen-bond donors (Lipinski definition) is 2. The van der Waals surface area contributed by atoms with Gasteiger partial charge in [0.2, 0.25) is 11.8 Å². The third kappa shape index (κ3) is 2.19. The second-order valence-electron chi connectivity index (χ2n) is 3.04. The molecule has 2 rings (SSSR count). The van der Waals surface area contributed by atoms with Crippen molar-refractivity contribution in [2.75, 3.05) is 5.32 Å². The molecule has 2 aromatic heterocycles. The maximum Gasteiger partial charge on any atom is 0.296 e. The van der Waals surface area contributed by atoms with E-state index in [0.717, 1.165) is 0 Å². The maximum atomic E-state index is 12.7. The maximum absolute atomic E-state index is 12.7. The van der Waals surface area contributed by atoms with Gasteiger partial charge in [0.25, 0.3) is 5.91 Å². The molecular weight excluding hydrogens is 213 g/mol. The second kappa shape index (κ2) is 4.05. The van der Waals surface area contributed by atoms with Crippen molar-refractivity contribution in [2.45, 2.75) is 6.92 Å². The molecule has 7 heteroatoms. The van der Waals surface area contributed by atoms with Gasteiger partial charge in [-0.3, -0.25) is 9.89 Å². The molecule has 0 unspecified atom stereocenters. The van der Waals surface area contributed by atoms with Gasteiger partial charge in [-0.2, -0.15) is 4.39 Å². The van der Waals surface area contributed by atoms with Gasteiger partial charge in [0.1, 0.15) is 11.6 Å². The number of nitrogens with zero attached hydrogens (tertiary/aromatic N) is 3. The highest BCUT2D eigenvalue weighted by molar-refractivity contribution is 6.00. The van der Waals surface area contributed by atoms with E-state index < -0.39 is 11.9 Å². The van der Waals surface area contributed by atoms with Gasteiger partial charge >= 0.3 is 0 Å². The normalized spacial score (nSPS) is 10.1. The molecule has 0 bridgehead atoms. The van der Waals surface area contributed by atoms with Crippen molar-refractivity contribution in [1.29, 1.82) is 0 Å². The molecule has 0 radical (unpaired) electrons. The van der Waals surface area contributed by atoms with Crippen LogP contribution in [0, 0.1) is 12.9 Å². The van der Waals surface area contributed by atoms with Crippen molar-refractivity contribution in [3.05, 3.63) is 35.8 Å². The second-order valence-corrected chi connectivity index (χ2v) is 3.04. The largest absolute Gasteiger partial charge is 0.304 e. The Bertz CT molecular complexity index is 524. The Morgan fingerprint density at radius 1 is 1.44 bits per heavy atom. The van der Waals surface area contributed by atoms with Crippen LogP contribution in [0.4, 0.5) is 10.2 Å². The lowest BCUT2D eigenvalue weighted by Crippen LogP contribution is -2.15. The first-order valence-electron chi connectivity index (χ1n) is 4.48. The average molecular weight is 221 g/mol. The van der Waals surface area contributed by atoms with E-state index >= 15 is 0 Å². The average Bonchev–Trinajstić information content (AvgIpc) is 2.65. The molecule has 2 N–H and O–H groups in total. The molecule has 16 heavy (non-hydrogen) atoms. The number of pyridine rings is 1. The van der Waals surface area contributed by atoms with Crippen molar-refractivity contribution < 1.29 is 9.18 Å². The lowest BCUT2D eigenvalue weighted by molar-refractivity contribution is 0.101. The Balaban J connectivity index is 2.13. The number of aromatic amines is 1. The molecule has 1 amide bonds. The molecule has 2 aromatic rings. The molecule has 0 saturated heterocycles. The molecule has 0 aliphatic heterocycles. The van der Waals surface area contributed by atoms with Crippen molar-refractivity contribution in [3.8, 4) is 0 Å². The molecule has 0 aliphatic rings. The number of rotatable bonds is 2. The van der Waals surface area contributed by atoms with Gasteiger partial charge in [-0.15, -0.1) is 5.10 Å². The molecule has 6 nitrogen and oxygen atoms in total. The van der Waals surface area contributed by atoms with Crippen molar-refractivity contribution >= 4 is 11.7 Å². The van der Waals surface area contributed by atoms with E-state index in [2.05, 4.69) is 25.5 Å². The van der Waals surface area contributed by atoms with Gasteiger partial charge in [0.15, 0.2) is 0 Å². The first kappa shape index (κ1) is 10.2. The monoisotopic (exact) mass is 221 g/mol. The molecule has 2 heterocycles.